The molecule has 1 N–H and O–H groups in total. The van der Waals surface area contributed by atoms with Gasteiger partial charge < -0.3 is 14.8 Å². The Morgan fingerprint density at radius 1 is 1.21 bits per heavy atom. The van der Waals surface area contributed by atoms with Crippen molar-refractivity contribution in [3.05, 3.63) is 58.1 Å². The van der Waals surface area contributed by atoms with Crippen LogP contribution < -0.4 is 20.3 Å². The first-order valence-corrected chi connectivity index (χ1v) is 10.1. The molecule has 1 aliphatic rings. The molecule has 0 unspecified atom stereocenters. The van der Waals surface area contributed by atoms with Crippen LogP contribution in [0.3, 0.4) is 0 Å². The Kier molecular flexibility index (Phi) is 4.37. The van der Waals surface area contributed by atoms with Crippen LogP contribution in [0.5, 0.6) is 11.5 Å². The molecule has 5 rings (SSSR count). The number of thiophene rings is 1. The van der Waals surface area contributed by atoms with Crippen molar-refractivity contribution in [1.82, 2.24) is 9.55 Å². The Morgan fingerprint density at radius 2 is 2.03 bits per heavy atom. The molecule has 2 aromatic carbocycles. The molecule has 2 aromatic heterocycles. The van der Waals surface area contributed by atoms with Crippen molar-refractivity contribution < 1.29 is 14.3 Å². The summed E-state index contributed by atoms with van der Waals surface area (Å²) in [7, 11) is 0. The number of nitrogens with zero attached hydrogens (tertiary/aromatic N) is 2. The van der Waals surface area contributed by atoms with E-state index in [1.165, 1.54) is 22.2 Å². The first-order valence-electron chi connectivity index (χ1n) is 8.86. The SMILES string of the molecule is O=C(Cn1cnc2c(sc3cccc(Cl)c32)c1=O)Nc1ccc2c(c1)OCCO2. The lowest BCUT2D eigenvalue weighted by Gasteiger charge is -2.19. The number of hydrogen-bond donors (Lipinski definition) is 1. The first-order chi connectivity index (χ1) is 14.1. The number of fused-ring (bicyclic) bond motifs is 4. The smallest absolute Gasteiger partial charge is 0.271 e. The van der Waals surface area contributed by atoms with E-state index in [2.05, 4.69) is 10.3 Å². The van der Waals surface area contributed by atoms with Gasteiger partial charge in [-0.05, 0) is 24.3 Å². The van der Waals surface area contributed by atoms with Gasteiger partial charge in [-0.1, -0.05) is 17.7 Å². The standard InChI is InChI=1S/C20H14ClN3O4S/c21-12-2-1-3-15-17(12)18-19(29-15)20(26)24(10-22-18)9-16(25)23-11-4-5-13-14(8-11)28-7-6-27-13/h1-5,8,10H,6-7,9H2,(H,23,25). The molecule has 1 amide bonds. The molecule has 4 aromatic rings. The topological polar surface area (TPSA) is 82.5 Å². The number of benzene rings is 2. The van der Waals surface area contributed by atoms with Crippen molar-refractivity contribution >= 4 is 54.8 Å². The number of rotatable bonds is 3. The second-order valence-electron chi connectivity index (χ2n) is 6.48. The summed E-state index contributed by atoms with van der Waals surface area (Å²) in [5.41, 5.74) is 0.851. The maximum atomic E-state index is 12.9. The number of amides is 1. The minimum atomic E-state index is -0.343. The van der Waals surface area contributed by atoms with Crippen molar-refractivity contribution in [2.45, 2.75) is 6.54 Å². The molecule has 0 fully saturated rings. The van der Waals surface area contributed by atoms with Crippen LogP contribution in [0.4, 0.5) is 5.69 Å². The minimum absolute atomic E-state index is 0.155. The second-order valence-corrected chi connectivity index (χ2v) is 7.94. The third kappa shape index (κ3) is 3.20. The third-order valence-electron chi connectivity index (χ3n) is 4.56. The van der Waals surface area contributed by atoms with Gasteiger partial charge in [-0.2, -0.15) is 0 Å². The van der Waals surface area contributed by atoms with Crippen LogP contribution in [0.25, 0.3) is 20.3 Å². The Bertz CT molecular complexity index is 1330. The number of nitrogens with one attached hydrogen (secondary N) is 1. The normalized spacial score (nSPS) is 13.0. The number of ether oxygens (including phenoxy) is 2. The molecule has 29 heavy (non-hydrogen) atoms. The maximum absolute atomic E-state index is 12.9. The lowest BCUT2D eigenvalue weighted by molar-refractivity contribution is -0.116. The lowest BCUT2D eigenvalue weighted by Crippen LogP contribution is -2.27. The van der Waals surface area contributed by atoms with E-state index in [1.807, 2.05) is 12.1 Å². The van der Waals surface area contributed by atoms with E-state index in [4.69, 9.17) is 21.1 Å². The Morgan fingerprint density at radius 3 is 2.90 bits per heavy atom. The minimum Gasteiger partial charge on any atom is -0.486 e. The van der Waals surface area contributed by atoms with Crippen molar-refractivity contribution in [2.75, 3.05) is 18.5 Å². The van der Waals surface area contributed by atoms with E-state index in [-0.39, 0.29) is 18.0 Å². The largest absolute Gasteiger partial charge is 0.486 e. The molecule has 7 nitrogen and oxygen atoms in total. The van der Waals surface area contributed by atoms with Gasteiger partial charge in [0.15, 0.2) is 11.5 Å². The molecular formula is C20H14ClN3O4S. The summed E-state index contributed by atoms with van der Waals surface area (Å²) in [5, 5.41) is 4.09. The summed E-state index contributed by atoms with van der Waals surface area (Å²) in [5.74, 6) is 0.879. The number of halogens is 1. The summed E-state index contributed by atoms with van der Waals surface area (Å²) in [6.07, 6.45) is 1.38. The quantitative estimate of drug-likeness (QED) is 0.539. The fourth-order valence-corrected chi connectivity index (χ4v) is 4.71. The van der Waals surface area contributed by atoms with Gasteiger partial charge in [0, 0.05) is 21.8 Å². The molecule has 0 spiro atoms. The van der Waals surface area contributed by atoms with Gasteiger partial charge in [0.25, 0.3) is 5.56 Å². The van der Waals surface area contributed by atoms with Gasteiger partial charge in [0.05, 0.1) is 16.9 Å². The number of aromatic nitrogens is 2. The summed E-state index contributed by atoms with van der Waals surface area (Å²) < 4.78 is 13.6. The van der Waals surface area contributed by atoms with Gasteiger partial charge in [-0.25, -0.2) is 4.98 Å². The highest BCUT2D eigenvalue weighted by Gasteiger charge is 2.16. The van der Waals surface area contributed by atoms with Crippen LogP contribution in [0.15, 0.2) is 47.5 Å². The number of anilines is 1. The average molecular weight is 428 g/mol. The fraction of sp³-hybridized carbons (Fsp3) is 0.150. The maximum Gasteiger partial charge on any atom is 0.271 e. The molecule has 9 heteroatoms. The molecule has 0 saturated carbocycles. The predicted molar refractivity (Wildman–Crippen MR) is 112 cm³/mol. The zero-order chi connectivity index (χ0) is 20.0. The molecule has 146 valence electrons. The zero-order valence-corrected chi connectivity index (χ0v) is 16.5. The Hall–Kier alpha value is -3.10. The van der Waals surface area contributed by atoms with Gasteiger partial charge in [0.2, 0.25) is 5.91 Å². The second kappa shape index (κ2) is 7.06. The Balaban J connectivity index is 1.42. The number of hydrogen-bond acceptors (Lipinski definition) is 6. The van der Waals surface area contributed by atoms with Crippen LogP contribution in [-0.2, 0) is 11.3 Å². The molecule has 0 atom stereocenters. The summed E-state index contributed by atoms with van der Waals surface area (Å²) >= 11 is 7.59. The van der Waals surface area contributed by atoms with Gasteiger partial charge in [0.1, 0.15) is 24.5 Å². The van der Waals surface area contributed by atoms with E-state index >= 15 is 0 Å². The van der Waals surface area contributed by atoms with Gasteiger partial charge in [-0.3, -0.25) is 14.2 Å². The average Bonchev–Trinajstić information content (AvgIpc) is 3.11. The van der Waals surface area contributed by atoms with Crippen LogP contribution in [0.2, 0.25) is 5.02 Å². The van der Waals surface area contributed by atoms with Crippen LogP contribution in [0.1, 0.15) is 0 Å². The molecule has 0 radical (unpaired) electrons. The van der Waals surface area contributed by atoms with E-state index in [0.29, 0.717) is 45.6 Å². The number of carbonyl (C=O) groups is 1. The highest BCUT2D eigenvalue weighted by Crippen LogP contribution is 2.35. The van der Waals surface area contributed by atoms with E-state index in [0.717, 1.165) is 10.1 Å². The highest BCUT2D eigenvalue weighted by molar-refractivity contribution is 7.25. The van der Waals surface area contributed by atoms with Crippen molar-refractivity contribution in [3.8, 4) is 11.5 Å². The van der Waals surface area contributed by atoms with Crippen LogP contribution in [0, 0.1) is 0 Å². The first kappa shape index (κ1) is 18.0. The molecule has 0 aliphatic carbocycles. The summed E-state index contributed by atoms with van der Waals surface area (Å²) in [6.45, 7) is 0.808. The van der Waals surface area contributed by atoms with Crippen molar-refractivity contribution in [2.24, 2.45) is 0 Å². The fourth-order valence-electron chi connectivity index (χ4n) is 3.26. The molecule has 3 heterocycles. The third-order valence-corrected chi connectivity index (χ3v) is 6.01. The Labute approximate surface area is 173 Å². The molecule has 0 bridgehead atoms. The molecular weight excluding hydrogens is 414 g/mol. The summed E-state index contributed by atoms with van der Waals surface area (Å²) in [6, 6.07) is 10.7. The van der Waals surface area contributed by atoms with Crippen LogP contribution in [-0.4, -0.2) is 28.7 Å². The van der Waals surface area contributed by atoms with E-state index in [1.54, 1.807) is 24.3 Å². The van der Waals surface area contributed by atoms with Crippen molar-refractivity contribution in [3.63, 3.8) is 0 Å². The number of carbonyl (C=O) groups excluding carboxylic acids is 1. The molecule has 1 aliphatic heterocycles. The lowest BCUT2D eigenvalue weighted by atomic mass is 10.2. The van der Waals surface area contributed by atoms with Gasteiger partial charge in [-0.15, -0.1) is 11.3 Å². The molecule has 0 saturated heterocycles. The van der Waals surface area contributed by atoms with Crippen molar-refractivity contribution in [1.29, 1.82) is 0 Å². The monoisotopic (exact) mass is 427 g/mol. The summed E-state index contributed by atoms with van der Waals surface area (Å²) in [4.78, 5) is 29.7. The van der Waals surface area contributed by atoms with Gasteiger partial charge >= 0.3 is 0 Å². The zero-order valence-electron chi connectivity index (χ0n) is 15.0. The van der Waals surface area contributed by atoms with E-state index in [9.17, 15) is 9.59 Å². The van der Waals surface area contributed by atoms with Crippen LogP contribution >= 0.6 is 22.9 Å². The van der Waals surface area contributed by atoms with E-state index < -0.39 is 0 Å². The highest BCUT2D eigenvalue weighted by atomic mass is 35.5. The predicted octanol–water partition coefficient (Wildman–Crippen LogP) is 3.67.